The molecular weight excluding hydrogens is 290 g/mol. The Kier molecular flexibility index (Phi) is 5.37. The molecule has 0 spiro atoms. The van der Waals surface area contributed by atoms with Gasteiger partial charge in [-0.1, -0.05) is 13.8 Å². The first kappa shape index (κ1) is 16.4. The third-order valence-corrected chi connectivity index (χ3v) is 5.00. The Morgan fingerprint density at radius 3 is 2.86 bits per heavy atom. The van der Waals surface area contributed by atoms with Crippen molar-refractivity contribution in [2.45, 2.75) is 43.8 Å². The molecule has 2 N–H and O–H groups in total. The van der Waals surface area contributed by atoms with E-state index in [0.717, 1.165) is 26.1 Å². The van der Waals surface area contributed by atoms with Gasteiger partial charge in [-0.15, -0.1) is 0 Å². The van der Waals surface area contributed by atoms with Crippen molar-refractivity contribution in [3.63, 3.8) is 0 Å². The lowest BCUT2D eigenvalue weighted by Gasteiger charge is -2.12. The van der Waals surface area contributed by atoms with Gasteiger partial charge >= 0.3 is 0 Å². The molecule has 0 radical (unpaired) electrons. The second kappa shape index (κ2) is 6.87. The second-order valence-electron chi connectivity index (χ2n) is 5.92. The lowest BCUT2D eigenvalue weighted by molar-refractivity contribution is 0.407. The van der Waals surface area contributed by atoms with Crippen LogP contribution in [-0.4, -0.2) is 61.9 Å². The van der Waals surface area contributed by atoms with Crippen molar-refractivity contribution in [2.24, 2.45) is 0 Å². The smallest absolute Gasteiger partial charge is 0.243 e. The normalized spacial score (nSPS) is 20.5. The first-order chi connectivity index (χ1) is 9.87. The molecule has 1 unspecified atom stereocenters. The van der Waals surface area contributed by atoms with E-state index < -0.39 is 10.0 Å². The summed E-state index contributed by atoms with van der Waals surface area (Å²) in [7, 11) is -1.47. The quantitative estimate of drug-likeness (QED) is 0.732. The highest BCUT2D eigenvalue weighted by molar-refractivity contribution is 7.89. The van der Waals surface area contributed by atoms with Crippen LogP contribution in [0.4, 0.5) is 0 Å². The fourth-order valence-electron chi connectivity index (χ4n) is 2.39. The van der Waals surface area contributed by atoms with Crippen LogP contribution in [0.2, 0.25) is 0 Å². The fourth-order valence-corrected chi connectivity index (χ4v) is 3.61. The zero-order chi connectivity index (χ0) is 15.5. The van der Waals surface area contributed by atoms with Crippen molar-refractivity contribution >= 4 is 10.0 Å². The van der Waals surface area contributed by atoms with Gasteiger partial charge in [0.15, 0.2) is 0 Å². The van der Waals surface area contributed by atoms with Gasteiger partial charge in [0.25, 0.3) is 0 Å². The molecule has 1 atom stereocenters. The number of aromatic nitrogens is 2. The van der Waals surface area contributed by atoms with E-state index in [1.165, 1.54) is 6.20 Å². The van der Waals surface area contributed by atoms with E-state index in [-0.39, 0.29) is 10.9 Å². The Hall–Kier alpha value is -0.960. The number of nitrogens with one attached hydrogen (secondary N) is 2. The van der Waals surface area contributed by atoms with Gasteiger partial charge in [0, 0.05) is 31.4 Å². The van der Waals surface area contributed by atoms with Crippen molar-refractivity contribution in [3.05, 3.63) is 12.4 Å². The Morgan fingerprint density at radius 2 is 2.24 bits per heavy atom. The van der Waals surface area contributed by atoms with Crippen molar-refractivity contribution in [3.8, 4) is 0 Å². The minimum atomic E-state index is -3.47. The number of likely N-dealkylation sites (tertiary alicyclic amines) is 1. The van der Waals surface area contributed by atoms with Crippen molar-refractivity contribution < 1.29 is 8.42 Å². The molecule has 0 saturated carbocycles. The number of nitrogens with zero attached hydrogens (tertiary/aromatic N) is 3. The SMILES string of the molecule is CC(C)NCCn1cc(S(=O)(=O)NC2CCN(C)C2)cn1. The van der Waals surface area contributed by atoms with E-state index in [9.17, 15) is 8.42 Å². The maximum atomic E-state index is 12.3. The van der Waals surface area contributed by atoms with Crippen molar-refractivity contribution in [1.82, 2.24) is 24.7 Å². The standard InChI is InChI=1S/C13H25N5O2S/c1-11(2)14-5-7-18-10-13(8-15-18)21(19,20)16-12-4-6-17(3)9-12/h8,10-12,14,16H,4-7,9H2,1-3H3. The summed E-state index contributed by atoms with van der Waals surface area (Å²) in [6.07, 6.45) is 3.85. The zero-order valence-electron chi connectivity index (χ0n) is 12.9. The summed E-state index contributed by atoms with van der Waals surface area (Å²) >= 11 is 0. The van der Waals surface area contributed by atoms with E-state index in [2.05, 4.69) is 33.9 Å². The maximum Gasteiger partial charge on any atom is 0.243 e. The third-order valence-electron chi connectivity index (χ3n) is 3.53. The molecule has 1 fully saturated rings. The van der Waals surface area contributed by atoms with Gasteiger partial charge in [-0.25, -0.2) is 13.1 Å². The third kappa shape index (κ3) is 4.77. The highest BCUT2D eigenvalue weighted by atomic mass is 32.2. The largest absolute Gasteiger partial charge is 0.313 e. The first-order valence-electron chi connectivity index (χ1n) is 7.33. The van der Waals surface area contributed by atoms with Gasteiger partial charge in [-0.3, -0.25) is 4.68 Å². The van der Waals surface area contributed by atoms with E-state index >= 15 is 0 Å². The van der Waals surface area contributed by atoms with Crippen LogP contribution >= 0.6 is 0 Å². The lowest BCUT2D eigenvalue weighted by atomic mass is 10.3. The minimum absolute atomic E-state index is 0.00837. The van der Waals surface area contributed by atoms with Crippen LogP contribution in [0.3, 0.4) is 0 Å². The predicted octanol–water partition coefficient (Wildman–Crippen LogP) is -0.136. The molecule has 0 aromatic carbocycles. The molecule has 1 aliphatic rings. The number of hydrogen-bond donors (Lipinski definition) is 2. The zero-order valence-corrected chi connectivity index (χ0v) is 13.7. The Balaban J connectivity index is 1.92. The Labute approximate surface area is 126 Å². The van der Waals surface area contributed by atoms with Crippen LogP contribution < -0.4 is 10.0 Å². The van der Waals surface area contributed by atoms with Crippen LogP contribution in [0.1, 0.15) is 20.3 Å². The molecule has 0 bridgehead atoms. The monoisotopic (exact) mass is 315 g/mol. The molecular formula is C13H25N5O2S. The summed E-state index contributed by atoms with van der Waals surface area (Å²) in [5.74, 6) is 0. The summed E-state index contributed by atoms with van der Waals surface area (Å²) in [6.45, 7) is 7.24. The molecule has 21 heavy (non-hydrogen) atoms. The molecule has 2 rings (SSSR count). The van der Waals surface area contributed by atoms with Crippen molar-refractivity contribution in [1.29, 1.82) is 0 Å². The van der Waals surface area contributed by atoms with E-state index in [0.29, 0.717) is 12.6 Å². The number of hydrogen-bond acceptors (Lipinski definition) is 5. The first-order valence-corrected chi connectivity index (χ1v) is 8.82. The molecule has 1 saturated heterocycles. The van der Waals surface area contributed by atoms with Crippen LogP contribution in [0.25, 0.3) is 0 Å². The highest BCUT2D eigenvalue weighted by Crippen LogP contribution is 2.12. The summed E-state index contributed by atoms with van der Waals surface area (Å²) in [5.41, 5.74) is 0. The summed E-state index contributed by atoms with van der Waals surface area (Å²) < 4.78 is 29.0. The number of rotatable bonds is 7. The van der Waals surface area contributed by atoms with Gasteiger partial charge < -0.3 is 10.2 Å². The van der Waals surface area contributed by atoms with Gasteiger partial charge in [-0.2, -0.15) is 5.10 Å². The molecule has 1 aromatic heterocycles. The minimum Gasteiger partial charge on any atom is -0.313 e. The van der Waals surface area contributed by atoms with Crippen LogP contribution in [0.5, 0.6) is 0 Å². The fraction of sp³-hybridized carbons (Fsp3) is 0.769. The molecule has 0 aliphatic carbocycles. The topological polar surface area (TPSA) is 79.3 Å². The van der Waals surface area contributed by atoms with E-state index in [1.54, 1.807) is 10.9 Å². The second-order valence-corrected chi connectivity index (χ2v) is 7.63. The Morgan fingerprint density at radius 1 is 1.48 bits per heavy atom. The van der Waals surface area contributed by atoms with Crippen LogP contribution in [0, 0.1) is 0 Å². The molecule has 0 amide bonds. The van der Waals surface area contributed by atoms with Crippen molar-refractivity contribution in [2.75, 3.05) is 26.7 Å². The summed E-state index contributed by atoms with van der Waals surface area (Å²) in [4.78, 5) is 2.36. The van der Waals surface area contributed by atoms with Gasteiger partial charge in [0.1, 0.15) is 4.90 Å². The van der Waals surface area contributed by atoms with Gasteiger partial charge in [0.05, 0.1) is 12.7 Å². The molecule has 120 valence electrons. The predicted molar refractivity (Wildman–Crippen MR) is 81.6 cm³/mol. The average Bonchev–Trinajstić information content (AvgIpc) is 2.98. The average molecular weight is 315 g/mol. The molecule has 1 aromatic rings. The number of sulfonamides is 1. The van der Waals surface area contributed by atoms with Gasteiger partial charge in [-0.05, 0) is 20.0 Å². The summed E-state index contributed by atoms with van der Waals surface area (Å²) in [5, 5.41) is 7.39. The van der Waals surface area contributed by atoms with Crippen LogP contribution in [-0.2, 0) is 16.6 Å². The lowest BCUT2D eigenvalue weighted by Crippen LogP contribution is -2.36. The summed E-state index contributed by atoms with van der Waals surface area (Å²) in [6, 6.07) is 0.399. The highest BCUT2D eigenvalue weighted by Gasteiger charge is 2.26. The van der Waals surface area contributed by atoms with Gasteiger partial charge in [0.2, 0.25) is 10.0 Å². The molecule has 1 aliphatic heterocycles. The molecule has 2 heterocycles. The van der Waals surface area contributed by atoms with E-state index in [1.807, 2.05) is 7.05 Å². The number of likely N-dealkylation sites (N-methyl/N-ethyl adjacent to an activating group) is 1. The van der Waals surface area contributed by atoms with E-state index in [4.69, 9.17) is 0 Å². The Bertz CT molecular complexity index is 555. The molecule has 7 nitrogen and oxygen atoms in total. The van der Waals surface area contributed by atoms with Crippen LogP contribution in [0.15, 0.2) is 17.3 Å². The maximum absolute atomic E-state index is 12.3. The molecule has 8 heteroatoms.